The number of fused-ring (bicyclic) bond motifs is 1. The third-order valence-electron chi connectivity index (χ3n) is 9.42. The van der Waals surface area contributed by atoms with Crippen molar-refractivity contribution in [1.29, 1.82) is 0 Å². The van der Waals surface area contributed by atoms with Gasteiger partial charge in [-0.2, -0.15) is 0 Å². The summed E-state index contributed by atoms with van der Waals surface area (Å²) in [6, 6.07) is 19.7. The van der Waals surface area contributed by atoms with Crippen molar-refractivity contribution >= 4 is 23.4 Å². The van der Waals surface area contributed by atoms with Gasteiger partial charge in [0.05, 0.1) is 31.3 Å². The number of rotatable bonds is 13. The Balaban J connectivity index is 1.42. The fourth-order valence-electron chi connectivity index (χ4n) is 6.19. The highest BCUT2D eigenvalue weighted by Gasteiger charge is 2.36. The molecule has 0 spiro atoms. The van der Waals surface area contributed by atoms with E-state index >= 15 is 0 Å². The van der Waals surface area contributed by atoms with Crippen LogP contribution < -0.4 is 25.8 Å². The molecule has 1 aliphatic rings. The van der Waals surface area contributed by atoms with E-state index in [-0.39, 0.29) is 25.9 Å². The van der Waals surface area contributed by atoms with Gasteiger partial charge in [0.25, 0.3) is 0 Å². The van der Waals surface area contributed by atoms with Crippen LogP contribution in [0.4, 0.5) is 4.39 Å². The van der Waals surface area contributed by atoms with Crippen molar-refractivity contribution in [3.63, 3.8) is 0 Å². The zero-order valence-electron chi connectivity index (χ0n) is 29.7. The van der Waals surface area contributed by atoms with E-state index in [9.17, 15) is 24.2 Å². The van der Waals surface area contributed by atoms with Crippen LogP contribution in [0.3, 0.4) is 0 Å². The summed E-state index contributed by atoms with van der Waals surface area (Å²) in [5.41, 5.74) is 9.39. The average molecular weight is 733 g/mol. The van der Waals surface area contributed by atoms with Crippen molar-refractivity contribution in [2.75, 3.05) is 13.7 Å². The molecule has 6 N–H and O–H groups in total. The lowest BCUT2D eigenvalue weighted by Crippen LogP contribution is -2.55. The molecule has 0 saturated heterocycles. The van der Waals surface area contributed by atoms with Crippen molar-refractivity contribution < 1.29 is 33.7 Å². The molecule has 5 rings (SSSR count). The minimum absolute atomic E-state index is 0.0856. The van der Waals surface area contributed by atoms with E-state index in [0.717, 1.165) is 16.7 Å². The van der Waals surface area contributed by atoms with E-state index < -0.39 is 59.3 Å². The second kappa shape index (κ2) is 16.9. The smallest absolute Gasteiger partial charge is 0.237 e. The summed E-state index contributed by atoms with van der Waals surface area (Å²) < 4.78 is 25.0. The van der Waals surface area contributed by atoms with Crippen LogP contribution in [0.15, 0.2) is 85.1 Å². The lowest BCUT2D eigenvalue weighted by Gasteiger charge is -2.34. The van der Waals surface area contributed by atoms with Gasteiger partial charge in [-0.25, -0.2) is 9.37 Å². The van der Waals surface area contributed by atoms with Gasteiger partial charge in [0, 0.05) is 34.3 Å². The van der Waals surface area contributed by atoms with Gasteiger partial charge in [0.2, 0.25) is 17.7 Å². The molecule has 6 atom stereocenters. The number of nitrogens with two attached hydrogens (primary N) is 1. The van der Waals surface area contributed by atoms with Crippen LogP contribution in [0.5, 0.6) is 11.6 Å². The SMILES string of the molecule is COc1ccc(-c2ccc(C[C@H](NC(=O)[C@@H](N)C(C)(C)C)[C@@H](O)C[C@@H](Cc3ccccc3Cl)C(=O)N[C@H]3c4cc(F)ccc4OC[C@H]3O)cc2)cn1. The van der Waals surface area contributed by atoms with Crippen LogP contribution in [-0.4, -0.2) is 65.0 Å². The minimum atomic E-state index is -1.22. The maximum absolute atomic E-state index is 14.3. The van der Waals surface area contributed by atoms with E-state index in [0.29, 0.717) is 27.8 Å². The first-order valence-corrected chi connectivity index (χ1v) is 17.6. The number of ether oxygens (including phenoxy) is 2. The van der Waals surface area contributed by atoms with Crippen LogP contribution in [0.25, 0.3) is 11.1 Å². The van der Waals surface area contributed by atoms with Gasteiger partial charge >= 0.3 is 0 Å². The Bertz CT molecular complexity index is 1840. The first-order chi connectivity index (χ1) is 24.7. The van der Waals surface area contributed by atoms with E-state index in [1.807, 2.05) is 51.1 Å². The predicted molar refractivity (Wildman–Crippen MR) is 197 cm³/mol. The second-order valence-corrected chi connectivity index (χ2v) is 14.7. The van der Waals surface area contributed by atoms with Gasteiger partial charge in [-0.05, 0) is 71.7 Å². The molecular weight excluding hydrogens is 687 g/mol. The molecule has 0 unspecified atom stereocenters. The van der Waals surface area contributed by atoms with Crippen molar-refractivity contribution in [3.8, 4) is 22.8 Å². The highest BCUT2D eigenvalue weighted by Crippen LogP contribution is 2.34. The molecule has 276 valence electrons. The number of hydrogen-bond acceptors (Lipinski definition) is 8. The molecule has 52 heavy (non-hydrogen) atoms. The number of nitrogens with zero attached hydrogens (tertiary/aromatic N) is 1. The molecule has 3 aromatic carbocycles. The fourth-order valence-corrected chi connectivity index (χ4v) is 6.41. The molecule has 0 radical (unpaired) electrons. The Kier molecular flexibility index (Phi) is 12.5. The number of amides is 2. The molecular formula is C40H46ClFN4O6. The van der Waals surface area contributed by atoms with Gasteiger partial charge < -0.3 is 36.1 Å². The molecule has 2 amide bonds. The van der Waals surface area contributed by atoms with Gasteiger partial charge in [0.1, 0.15) is 24.3 Å². The normalized spacial score (nSPS) is 17.9. The molecule has 4 aromatic rings. The maximum atomic E-state index is 14.3. The third kappa shape index (κ3) is 9.65. The van der Waals surface area contributed by atoms with E-state index in [2.05, 4.69) is 15.6 Å². The number of methoxy groups -OCH3 is 1. The molecule has 0 aliphatic carbocycles. The van der Waals surface area contributed by atoms with Crippen LogP contribution in [0.2, 0.25) is 5.02 Å². The summed E-state index contributed by atoms with van der Waals surface area (Å²) >= 11 is 6.52. The van der Waals surface area contributed by atoms with E-state index in [1.54, 1.807) is 43.6 Å². The third-order valence-corrected chi connectivity index (χ3v) is 9.78. The summed E-state index contributed by atoms with van der Waals surface area (Å²) in [6.07, 6.45) is -0.359. The quantitative estimate of drug-likeness (QED) is 0.126. The fraction of sp³-hybridized carbons (Fsp3) is 0.375. The summed E-state index contributed by atoms with van der Waals surface area (Å²) in [5.74, 6) is -1.48. The molecule has 2 heterocycles. The van der Waals surface area contributed by atoms with Crippen LogP contribution in [-0.2, 0) is 22.4 Å². The number of pyridine rings is 1. The Labute approximate surface area is 308 Å². The number of nitrogens with one attached hydrogen (secondary N) is 2. The van der Waals surface area contributed by atoms with Crippen molar-refractivity contribution in [3.05, 3.63) is 113 Å². The standard InChI is InChI=1S/C40H46ClFN4O6/c1-40(2,3)37(43)39(50)45-31(17-23-9-11-24(12-10-23)26-13-16-35(51-4)44-21-26)32(47)19-27(18-25-7-5-6-8-30(25)41)38(49)46-36-29-20-28(42)14-15-34(29)52-22-33(36)48/h5-16,20-21,27,31-33,36-37,47-48H,17-19,22,43H2,1-4H3,(H,45,50)(H,46,49)/t27-,31+,32+,33-,36+,37-/m1/s1. The lowest BCUT2D eigenvalue weighted by atomic mass is 9.85. The molecule has 1 aromatic heterocycles. The highest BCUT2D eigenvalue weighted by molar-refractivity contribution is 6.31. The summed E-state index contributed by atoms with van der Waals surface area (Å²) in [6.45, 7) is 5.47. The zero-order chi connectivity index (χ0) is 37.6. The van der Waals surface area contributed by atoms with E-state index in [1.165, 1.54) is 18.2 Å². The Morgan fingerprint density at radius 2 is 1.75 bits per heavy atom. The Morgan fingerprint density at radius 3 is 2.40 bits per heavy atom. The molecule has 12 heteroatoms. The van der Waals surface area contributed by atoms with Crippen molar-refractivity contribution in [2.45, 2.75) is 70.4 Å². The molecule has 10 nitrogen and oxygen atoms in total. The number of halogens is 2. The van der Waals surface area contributed by atoms with Crippen molar-refractivity contribution in [2.24, 2.45) is 17.1 Å². The van der Waals surface area contributed by atoms with Crippen molar-refractivity contribution in [1.82, 2.24) is 15.6 Å². The molecule has 0 bridgehead atoms. The minimum Gasteiger partial charge on any atom is -0.490 e. The van der Waals surface area contributed by atoms with Gasteiger partial charge in [0.15, 0.2) is 0 Å². The first kappa shape index (κ1) is 38.7. The highest BCUT2D eigenvalue weighted by atomic mass is 35.5. The van der Waals surface area contributed by atoms with Crippen LogP contribution in [0.1, 0.15) is 49.9 Å². The summed E-state index contributed by atoms with van der Waals surface area (Å²) in [4.78, 5) is 31.9. The maximum Gasteiger partial charge on any atom is 0.237 e. The Morgan fingerprint density at radius 1 is 1.04 bits per heavy atom. The van der Waals surface area contributed by atoms with E-state index in [4.69, 9.17) is 26.8 Å². The summed E-state index contributed by atoms with van der Waals surface area (Å²) in [5, 5.41) is 29.0. The van der Waals surface area contributed by atoms with Gasteiger partial charge in [-0.15, -0.1) is 0 Å². The molecule has 1 aliphatic heterocycles. The monoisotopic (exact) mass is 732 g/mol. The van der Waals surface area contributed by atoms with Crippen LogP contribution in [0, 0.1) is 17.2 Å². The number of benzene rings is 3. The topological polar surface area (TPSA) is 156 Å². The number of carbonyl (C=O) groups excluding carboxylic acids is 2. The number of hydrogen-bond donors (Lipinski definition) is 5. The largest absolute Gasteiger partial charge is 0.490 e. The predicted octanol–water partition coefficient (Wildman–Crippen LogP) is 5.17. The first-order valence-electron chi connectivity index (χ1n) is 17.2. The number of aliphatic hydroxyl groups is 2. The van der Waals surface area contributed by atoms with Gasteiger partial charge in [-0.3, -0.25) is 9.59 Å². The molecule has 0 fully saturated rings. The number of carbonyl (C=O) groups is 2. The second-order valence-electron chi connectivity index (χ2n) is 14.3. The Hall–Kier alpha value is -4.55. The lowest BCUT2D eigenvalue weighted by molar-refractivity contribution is -0.128. The average Bonchev–Trinajstić information content (AvgIpc) is 3.12. The molecule has 0 saturated carbocycles. The summed E-state index contributed by atoms with van der Waals surface area (Å²) in [7, 11) is 1.55. The number of aromatic nitrogens is 1. The number of aliphatic hydroxyl groups excluding tert-OH is 2. The van der Waals surface area contributed by atoms with Crippen LogP contribution >= 0.6 is 11.6 Å². The zero-order valence-corrected chi connectivity index (χ0v) is 30.4. The van der Waals surface area contributed by atoms with Gasteiger partial charge in [-0.1, -0.05) is 74.8 Å².